The van der Waals surface area contributed by atoms with Gasteiger partial charge in [0.15, 0.2) is 0 Å². The van der Waals surface area contributed by atoms with Crippen LogP contribution in [0.3, 0.4) is 0 Å². The molecule has 24 heavy (non-hydrogen) atoms. The molecule has 0 aliphatic carbocycles. The fourth-order valence-electron chi connectivity index (χ4n) is 2.84. The highest BCUT2D eigenvalue weighted by molar-refractivity contribution is 5.89. The van der Waals surface area contributed by atoms with E-state index in [9.17, 15) is 4.39 Å². The van der Waals surface area contributed by atoms with E-state index in [1.165, 1.54) is 6.20 Å². The summed E-state index contributed by atoms with van der Waals surface area (Å²) in [5.41, 5.74) is 3.51. The number of rotatable bonds is 2. The first kappa shape index (κ1) is 14.5. The van der Waals surface area contributed by atoms with Crippen LogP contribution in [0.2, 0.25) is 0 Å². The fraction of sp³-hybridized carbons (Fsp3) is 0.0500. The maximum Gasteiger partial charge on any atom is 0.149 e. The molecule has 0 radical (unpaired) electrons. The van der Waals surface area contributed by atoms with E-state index >= 15 is 0 Å². The average molecular weight is 315 g/mol. The Balaban J connectivity index is 1.96. The van der Waals surface area contributed by atoms with Gasteiger partial charge >= 0.3 is 0 Å². The molecule has 0 fully saturated rings. The van der Waals surface area contributed by atoms with Crippen LogP contribution in [0.15, 0.2) is 67.0 Å². The Morgan fingerprint density at radius 2 is 1.67 bits per heavy atom. The van der Waals surface area contributed by atoms with Gasteiger partial charge < -0.3 is 0 Å². The van der Waals surface area contributed by atoms with E-state index in [1.807, 2.05) is 43.3 Å². The van der Waals surface area contributed by atoms with Crippen LogP contribution in [0.4, 0.5) is 4.39 Å². The van der Waals surface area contributed by atoms with E-state index < -0.39 is 0 Å². The van der Waals surface area contributed by atoms with Crippen LogP contribution in [0.5, 0.6) is 0 Å². The number of hydrogen-bond acceptors (Lipinski definition) is 3. The summed E-state index contributed by atoms with van der Waals surface area (Å²) >= 11 is 0. The second-order valence-corrected chi connectivity index (χ2v) is 5.67. The van der Waals surface area contributed by atoms with Gasteiger partial charge in [0.1, 0.15) is 11.5 Å². The lowest BCUT2D eigenvalue weighted by Gasteiger charge is -2.10. The summed E-state index contributed by atoms with van der Waals surface area (Å²) in [6.07, 6.45) is 2.80. The molecular weight excluding hydrogens is 301 g/mol. The molecule has 0 aliphatic rings. The number of pyridine rings is 1. The first-order valence-corrected chi connectivity index (χ1v) is 7.66. The summed E-state index contributed by atoms with van der Waals surface area (Å²) in [7, 11) is 0. The van der Waals surface area contributed by atoms with Crippen molar-refractivity contribution in [1.82, 2.24) is 15.2 Å². The van der Waals surface area contributed by atoms with E-state index in [0.717, 1.165) is 27.6 Å². The van der Waals surface area contributed by atoms with Crippen molar-refractivity contribution in [3.8, 4) is 22.4 Å². The first-order chi connectivity index (χ1) is 11.7. The predicted octanol–water partition coefficient (Wildman–Crippen LogP) is 4.81. The van der Waals surface area contributed by atoms with Crippen molar-refractivity contribution in [2.75, 3.05) is 0 Å². The smallest absolute Gasteiger partial charge is 0.149 e. The van der Waals surface area contributed by atoms with E-state index in [1.54, 1.807) is 12.3 Å². The molecule has 0 saturated carbocycles. The molecule has 0 N–H and O–H groups in total. The summed E-state index contributed by atoms with van der Waals surface area (Å²) in [5, 5.41) is 10.8. The quantitative estimate of drug-likeness (QED) is 0.533. The third-order valence-electron chi connectivity index (χ3n) is 4.00. The molecule has 0 bridgehead atoms. The summed E-state index contributed by atoms with van der Waals surface area (Å²) in [4.78, 5) is 3.83. The number of benzene rings is 2. The Morgan fingerprint density at radius 1 is 0.833 bits per heavy atom. The SMILES string of the molecule is Cc1cc(-c2ccncc2F)c(-c2ccc3ccccc3c2)nn1. The number of halogens is 1. The number of aryl methyl sites for hydroxylation is 1. The number of nitrogens with zero attached hydrogens (tertiary/aromatic N) is 3. The van der Waals surface area contributed by atoms with Gasteiger partial charge in [0.2, 0.25) is 0 Å². The predicted molar refractivity (Wildman–Crippen MR) is 92.9 cm³/mol. The van der Waals surface area contributed by atoms with Gasteiger partial charge in [0.05, 0.1) is 11.9 Å². The molecule has 4 rings (SSSR count). The lowest BCUT2D eigenvalue weighted by Crippen LogP contribution is -1.97. The Labute approximate surface area is 138 Å². The Hall–Kier alpha value is -3.14. The monoisotopic (exact) mass is 315 g/mol. The number of hydrogen-bond donors (Lipinski definition) is 0. The molecule has 4 aromatic rings. The van der Waals surface area contributed by atoms with Gasteiger partial charge in [-0.05, 0) is 35.9 Å². The van der Waals surface area contributed by atoms with Crippen molar-refractivity contribution >= 4 is 10.8 Å². The Bertz CT molecular complexity index is 1040. The van der Waals surface area contributed by atoms with Crippen LogP contribution in [-0.2, 0) is 0 Å². The molecule has 2 aromatic carbocycles. The minimum atomic E-state index is -0.369. The molecule has 0 atom stereocenters. The number of aromatic nitrogens is 3. The van der Waals surface area contributed by atoms with Gasteiger partial charge in [-0.2, -0.15) is 5.10 Å². The van der Waals surface area contributed by atoms with Crippen LogP contribution in [0.25, 0.3) is 33.2 Å². The zero-order chi connectivity index (χ0) is 16.5. The van der Waals surface area contributed by atoms with Crippen LogP contribution in [0.1, 0.15) is 5.69 Å². The molecule has 4 heteroatoms. The van der Waals surface area contributed by atoms with E-state index in [-0.39, 0.29) is 5.82 Å². The van der Waals surface area contributed by atoms with Gasteiger partial charge in [-0.3, -0.25) is 4.98 Å². The summed E-state index contributed by atoms with van der Waals surface area (Å²) in [6, 6.07) is 17.7. The Kier molecular flexibility index (Phi) is 3.50. The normalized spacial score (nSPS) is 10.9. The highest BCUT2D eigenvalue weighted by Crippen LogP contribution is 2.33. The van der Waals surface area contributed by atoms with E-state index in [2.05, 4.69) is 27.3 Å². The molecule has 0 amide bonds. The zero-order valence-corrected chi connectivity index (χ0v) is 13.1. The van der Waals surface area contributed by atoms with Gasteiger partial charge in [0.25, 0.3) is 0 Å². The molecule has 0 aliphatic heterocycles. The number of fused-ring (bicyclic) bond motifs is 1. The van der Waals surface area contributed by atoms with Gasteiger partial charge in [-0.1, -0.05) is 36.4 Å². The topological polar surface area (TPSA) is 38.7 Å². The zero-order valence-electron chi connectivity index (χ0n) is 13.1. The van der Waals surface area contributed by atoms with Gasteiger partial charge in [-0.25, -0.2) is 4.39 Å². The lowest BCUT2D eigenvalue weighted by atomic mass is 9.98. The minimum absolute atomic E-state index is 0.369. The van der Waals surface area contributed by atoms with E-state index in [4.69, 9.17) is 0 Å². The van der Waals surface area contributed by atoms with E-state index in [0.29, 0.717) is 11.3 Å². The lowest BCUT2D eigenvalue weighted by molar-refractivity contribution is 0.625. The standard InChI is InChI=1S/C20H14FN3/c1-13-10-18(17-8-9-22-12-19(17)21)20(24-23-13)16-7-6-14-4-2-3-5-15(14)11-16/h2-12H,1H3. The fourth-order valence-corrected chi connectivity index (χ4v) is 2.84. The molecule has 2 heterocycles. The summed E-state index contributed by atoms with van der Waals surface area (Å²) < 4.78 is 14.2. The summed E-state index contributed by atoms with van der Waals surface area (Å²) in [5.74, 6) is -0.369. The average Bonchev–Trinajstić information content (AvgIpc) is 2.62. The van der Waals surface area contributed by atoms with Crippen molar-refractivity contribution < 1.29 is 4.39 Å². The molecule has 0 unspecified atom stereocenters. The van der Waals surface area contributed by atoms with Gasteiger partial charge in [0, 0.05) is 22.9 Å². The molecule has 0 saturated heterocycles. The molecular formula is C20H14FN3. The molecule has 116 valence electrons. The van der Waals surface area contributed by atoms with Crippen LogP contribution in [-0.4, -0.2) is 15.2 Å². The van der Waals surface area contributed by atoms with Crippen LogP contribution in [0, 0.1) is 12.7 Å². The molecule has 2 aromatic heterocycles. The molecule has 3 nitrogen and oxygen atoms in total. The highest BCUT2D eigenvalue weighted by atomic mass is 19.1. The minimum Gasteiger partial charge on any atom is -0.262 e. The van der Waals surface area contributed by atoms with Crippen LogP contribution < -0.4 is 0 Å². The van der Waals surface area contributed by atoms with Crippen molar-refractivity contribution in [1.29, 1.82) is 0 Å². The second-order valence-electron chi connectivity index (χ2n) is 5.67. The maximum absolute atomic E-state index is 14.2. The largest absolute Gasteiger partial charge is 0.262 e. The van der Waals surface area contributed by atoms with Crippen molar-refractivity contribution in [3.05, 3.63) is 78.5 Å². The van der Waals surface area contributed by atoms with Crippen molar-refractivity contribution in [2.24, 2.45) is 0 Å². The highest BCUT2D eigenvalue weighted by Gasteiger charge is 2.14. The third kappa shape index (κ3) is 2.52. The Morgan fingerprint density at radius 3 is 2.50 bits per heavy atom. The van der Waals surface area contributed by atoms with Crippen molar-refractivity contribution in [3.63, 3.8) is 0 Å². The summed E-state index contributed by atoms with van der Waals surface area (Å²) in [6.45, 7) is 1.85. The maximum atomic E-state index is 14.2. The second kappa shape index (κ2) is 5.81. The van der Waals surface area contributed by atoms with Gasteiger partial charge in [-0.15, -0.1) is 5.10 Å². The molecule has 0 spiro atoms. The third-order valence-corrected chi connectivity index (χ3v) is 4.00. The van der Waals surface area contributed by atoms with Crippen LogP contribution >= 0.6 is 0 Å². The van der Waals surface area contributed by atoms with Crippen molar-refractivity contribution in [2.45, 2.75) is 6.92 Å². The first-order valence-electron chi connectivity index (χ1n) is 7.66.